The number of carbonyl (C=O) groups excluding carboxylic acids is 2. The van der Waals surface area contributed by atoms with Gasteiger partial charge in [0.05, 0.1) is 23.7 Å². The van der Waals surface area contributed by atoms with Crippen molar-refractivity contribution in [2.45, 2.75) is 13.3 Å². The third-order valence-corrected chi connectivity index (χ3v) is 5.58. The standard InChI is InChI=1S/C21H23BrClN3O2/c1-15-2-4-16(5-3-15)12-21(28)26-10-8-25(9-11-26)14-20(27)24-19-7-6-17(22)13-18(19)23/h2-7,13H,8-12,14H2,1H3,(H,24,27). The zero-order chi connectivity index (χ0) is 20.1. The van der Waals surface area contributed by atoms with Gasteiger partial charge in [-0.3, -0.25) is 14.5 Å². The van der Waals surface area contributed by atoms with Crippen molar-refractivity contribution in [1.82, 2.24) is 9.80 Å². The van der Waals surface area contributed by atoms with Crippen molar-refractivity contribution >= 4 is 45.0 Å². The van der Waals surface area contributed by atoms with Crippen molar-refractivity contribution in [3.05, 3.63) is 63.1 Å². The Morgan fingerprint density at radius 3 is 2.39 bits per heavy atom. The first-order valence-corrected chi connectivity index (χ1v) is 10.4. The number of piperazine rings is 1. The molecule has 0 aliphatic carbocycles. The van der Waals surface area contributed by atoms with Crippen molar-refractivity contribution < 1.29 is 9.59 Å². The lowest BCUT2D eigenvalue weighted by Crippen LogP contribution is -2.50. The number of halogens is 2. The van der Waals surface area contributed by atoms with E-state index in [9.17, 15) is 9.59 Å². The summed E-state index contributed by atoms with van der Waals surface area (Å²) < 4.78 is 0.863. The molecule has 28 heavy (non-hydrogen) atoms. The molecule has 0 unspecified atom stereocenters. The van der Waals surface area contributed by atoms with E-state index in [1.165, 1.54) is 5.56 Å². The molecule has 0 saturated carbocycles. The monoisotopic (exact) mass is 463 g/mol. The van der Waals surface area contributed by atoms with Crippen LogP contribution in [-0.2, 0) is 16.0 Å². The lowest BCUT2D eigenvalue weighted by molar-refractivity contribution is -0.132. The summed E-state index contributed by atoms with van der Waals surface area (Å²) in [6, 6.07) is 13.4. The largest absolute Gasteiger partial charge is 0.340 e. The highest BCUT2D eigenvalue weighted by atomic mass is 79.9. The minimum Gasteiger partial charge on any atom is -0.340 e. The van der Waals surface area contributed by atoms with Gasteiger partial charge in [0.25, 0.3) is 0 Å². The van der Waals surface area contributed by atoms with Crippen LogP contribution in [0.3, 0.4) is 0 Å². The highest BCUT2D eigenvalue weighted by Gasteiger charge is 2.22. The number of hydrogen-bond acceptors (Lipinski definition) is 3. The zero-order valence-corrected chi connectivity index (χ0v) is 18.1. The SMILES string of the molecule is Cc1ccc(CC(=O)N2CCN(CC(=O)Nc3ccc(Br)cc3Cl)CC2)cc1. The van der Waals surface area contributed by atoms with Gasteiger partial charge in [0.15, 0.2) is 0 Å². The van der Waals surface area contributed by atoms with E-state index in [0.29, 0.717) is 43.3 Å². The van der Waals surface area contributed by atoms with Crippen LogP contribution in [-0.4, -0.2) is 54.3 Å². The molecule has 0 spiro atoms. The van der Waals surface area contributed by atoms with Gasteiger partial charge in [-0.15, -0.1) is 0 Å². The second kappa shape index (κ2) is 9.54. The molecule has 0 bridgehead atoms. The summed E-state index contributed by atoms with van der Waals surface area (Å²) >= 11 is 9.49. The van der Waals surface area contributed by atoms with Gasteiger partial charge in [0.2, 0.25) is 11.8 Å². The topological polar surface area (TPSA) is 52.7 Å². The molecule has 1 aliphatic heterocycles. The van der Waals surface area contributed by atoms with Crippen LogP contribution in [0.15, 0.2) is 46.9 Å². The van der Waals surface area contributed by atoms with Crippen LogP contribution < -0.4 is 5.32 Å². The lowest BCUT2D eigenvalue weighted by Gasteiger charge is -2.34. The summed E-state index contributed by atoms with van der Waals surface area (Å²) in [7, 11) is 0. The second-order valence-corrected chi connectivity index (χ2v) is 8.31. The number of anilines is 1. The lowest BCUT2D eigenvalue weighted by atomic mass is 10.1. The normalized spacial score (nSPS) is 14.8. The minimum absolute atomic E-state index is 0.108. The summed E-state index contributed by atoms with van der Waals surface area (Å²) in [6.07, 6.45) is 0.419. The number of nitrogens with zero attached hydrogens (tertiary/aromatic N) is 2. The van der Waals surface area contributed by atoms with Crippen LogP contribution in [0, 0.1) is 6.92 Å². The van der Waals surface area contributed by atoms with E-state index in [1.54, 1.807) is 12.1 Å². The van der Waals surface area contributed by atoms with Crippen LogP contribution in [0.4, 0.5) is 5.69 Å². The number of benzene rings is 2. The zero-order valence-electron chi connectivity index (χ0n) is 15.8. The van der Waals surface area contributed by atoms with Gasteiger partial charge in [0, 0.05) is 30.7 Å². The molecule has 148 valence electrons. The first-order chi connectivity index (χ1) is 13.4. The number of aryl methyl sites for hydroxylation is 1. The van der Waals surface area contributed by atoms with Gasteiger partial charge in [-0.05, 0) is 30.7 Å². The Morgan fingerprint density at radius 2 is 1.75 bits per heavy atom. The number of amides is 2. The molecule has 2 aromatic rings. The molecule has 1 heterocycles. The van der Waals surface area contributed by atoms with Crippen LogP contribution >= 0.6 is 27.5 Å². The molecule has 1 N–H and O–H groups in total. The van der Waals surface area contributed by atoms with E-state index >= 15 is 0 Å². The molecule has 0 atom stereocenters. The van der Waals surface area contributed by atoms with Crippen molar-refractivity contribution in [3.8, 4) is 0 Å². The molecule has 1 saturated heterocycles. The molecule has 5 nitrogen and oxygen atoms in total. The molecular formula is C21H23BrClN3O2. The molecule has 7 heteroatoms. The maximum Gasteiger partial charge on any atom is 0.238 e. The van der Waals surface area contributed by atoms with Crippen LogP contribution in [0.2, 0.25) is 5.02 Å². The molecule has 0 radical (unpaired) electrons. The molecule has 1 fully saturated rings. The average Bonchev–Trinajstić information content (AvgIpc) is 2.66. The smallest absolute Gasteiger partial charge is 0.238 e. The van der Waals surface area contributed by atoms with Crippen molar-refractivity contribution in [2.24, 2.45) is 0 Å². The number of nitrogens with one attached hydrogen (secondary N) is 1. The van der Waals surface area contributed by atoms with E-state index in [4.69, 9.17) is 11.6 Å². The fourth-order valence-electron chi connectivity index (χ4n) is 3.13. The van der Waals surface area contributed by atoms with Crippen LogP contribution in [0.5, 0.6) is 0 Å². The molecule has 2 amide bonds. The number of hydrogen-bond donors (Lipinski definition) is 1. The van der Waals surface area contributed by atoms with E-state index < -0.39 is 0 Å². The summed E-state index contributed by atoms with van der Waals surface area (Å²) in [6.45, 7) is 4.95. The third-order valence-electron chi connectivity index (χ3n) is 4.77. The van der Waals surface area contributed by atoms with Gasteiger partial charge in [-0.25, -0.2) is 0 Å². The first kappa shape index (κ1) is 20.8. The van der Waals surface area contributed by atoms with E-state index in [2.05, 4.69) is 26.1 Å². The average molecular weight is 465 g/mol. The van der Waals surface area contributed by atoms with Gasteiger partial charge in [0.1, 0.15) is 0 Å². The third kappa shape index (κ3) is 5.80. The van der Waals surface area contributed by atoms with Gasteiger partial charge < -0.3 is 10.2 Å². The Bertz CT molecular complexity index is 849. The maximum absolute atomic E-state index is 12.5. The summed E-state index contributed by atoms with van der Waals surface area (Å²) in [5.41, 5.74) is 2.82. The Kier molecular flexibility index (Phi) is 7.10. The quantitative estimate of drug-likeness (QED) is 0.733. The van der Waals surface area contributed by atoms with Crippen molar-refractivity contribution in [3.63, 3.8) is 0 Å². The minimum atomic E-state index is -0.108. The van der Waals surface area contributed by atoms with Crippen LogP contribution in [0.25, 0.3) is 0 Å². The molecule has 3 rings (SSSR count). The predicted octanol–water partition coefficient (Wildman–Crippen LogP) is 3.74. The van der Waals surface area contributed by atoms with E-state index in [1.807, 2.05) is 42.2 Å². The first-order valence-electron chi connectivity index (χ1n) is 9.21. The summed E-state index contributed by atoms with van der Waals surface area (Å²) in [5.74, 6) is 0.0262. The van der Waals surface area contributed by atoms with Crippen molar-refractivity contribution in [1.29, 1.82) is 0 Å². The highest BCUT2D eigenvalue weighted by Crippen LogP contribution is 2.25. The van der Waals surface area contributed by atoms with Gasteiger partial charge in [-0.1, -0.05) is 57.4 Å². The summed E-state index contributed by atoms with van der Waals surface area (Å²) in [4.78, 5) is 28.7. The molecular weight excluding hydrogens is 442 g/mol. The molecule has 2 aromatic carbocycles. The second-order valence-electron chi connectivity index (χ2n) is 6.99. The van der Waals surface area contributed by atoms with Gasteiger partial charge in [-0.2, -0.15) is 0 Å². The fourth-order valence-corrected chi connectivity index (χ4v) is 3.85. The Morgan fingerprint density at radius 1 is 1.07 bits per heavy atom. The Hall–Kier alpha value is -1.89. The number of carbonyl (C=O) groups is 2. The maximum atomic E-state index is 12.5. The Labute approximate surface area is 178 Å². The fraction of sp³-hybridized carbons (Fsp3) is 0.333. The molecule has 1 aliphatic rings. The molecule has 0 aromatic heterocycles. The van der Waals surface area contributed by atoms with E-state index in [0.717, 1.165) is 10.0 Å². The van der Waals surface area contributed by atoms with E-state index in [-0.39, 0.29) is 18.4 Å². The summed E-state index contributed by atoms with van der Waals surface area (Å²) in [5, 5.41) is 3.34. The Balaban J connectivity index is 1.45. The van der Waals surface area contributed by atoms with Crippen LogP contribution in [0.1, 0.15) is 11.1 Å². The number of rotatable bonds is 5. The predicted molar refractivity (Wildman–Crippen MR) is 116 cm³/mol. The highest BCUT2D eigenvalue weighted by molar-refractivity contribution is 9.10. The van der Waals surface area contributed by atoms with Gasteiger partial charge >= 0.3 is 0 Å². The van der Waals surface area contributed by atoms with Crippen molar-refractivity contribution in [2.75, 3.05) is 38.0 Å².